The van der Waals surface area contributed by atoms with Crippen molar-refractivity contribution in [1.82, 2.24) is 0 Å². The maximum atomic E-state index is 11.7. The molecule has 2 saturated heterocycles. The van der Waals surface area contributed by atoms with Crippen molar-refractivity contribution in [3.05, 3.63) is 11.6 Å². The van der Waals surface area contributed by atoms with Gasteiger partial charge in [-0.15, -0.1) is 0 Å². The first-order chi connectivity index (χ1) is 8.97. The highest BCUT2D eigenvalue weighted by molar-refractivity contribution is 5.95. The van der Waals surface area contributed by atoms with Gasteiger partial charge >= 0.3 is 17.9 Å². The van der Waals surface area contributed by atoms with Crippen molar-refractivity contribution in [2.45, 2.75) is 26.1 Å². The summed E-state index contributed by atoms with van der Waals surface area (Å²) in [6.45, 7) is 1.80. The van der Waals surface area contributed by atoms with Crippen molar-refractivity contribution in [3.8, 4) is 0 Å². The largest absolute Gasteiger partial charge is 0.435 e. The molecule has 5 unspecified atom stereocenters. The molecule has 102 valence electrons. The summed E-state index contributed by atoms with van der Waals surface area (Å²) in [5, 5.41) is 9.68. The van der Waals surface area contributed by atoms with E-state index >= 15 is 0 Å². The van der Waals surface area contributed by atoms with Gasteiger partial charge in [0.2, 0.25) is 6.29 Å². The van der Waals surface area contributed by atoms with Gasteiger partial charge in [-0.2, -0.15) is 0 Å². The number of aliphatic hydroxyl groups is 1. The first-order valence-corrected chi connectivity index (χ1v) is 6.28. The number of fused-ring (bicyclic) bond motifs is 1. The number of ether oxygens (including phenoxy) is 2. The molecule has 19 heavy (non-hydrogen) atoms. The number of hydrogen-bond donors (Lipinski definition) is 1. The topological polar surface area (TPSA) is 89.9 Å². The second kappa shape index (κ2) is 4.16. The van der Waals surface area contributed by atoms with E-state index in [4.69, 9.17) is 4.74 Å². The van der Waals surface area contributed by atoms with Crippen molar-refractivity contribution < 1.29 is 29.0 Å². The molecule has 6 heteroatoms. The van der Waals surface area contributed by atoms with Crippen molar-refractivity contribution in [1.29, 1.82) is 0 Å². The standard InChI is InChI=1S/C13H14O6/c1-5-2-6(7-4-9(14)18-11(7)15)3-8-10(5)13(17)19-12(8)16/h2,6-8,10,13,17H,3-4H2,1H3. The zero-order chi connectivity index (χ0) is 13.7. The number of allylic oxidation sites excluding steroid dienone is 1. The van der Waals surface area contributed by atoms with Crippen LogP contribution in [0.25, 0.3) is 0 Å². The van der Waals surface area contributed by atoms with Gasteiger partial charge in [-0.1, -0.05) is 11.6 Å². The lowest BCUT2D eigenvalue weighted by Crippen LogP contribution is -2.32. The fourth-order valence-electron chi connectivity index (χ4n) is 3.32. The van der Waals surface area contributed by atoms with Crippen LogP contribution in [0.15, 0.2) is 11.6 Å². The third-order valence-corrected chi connectivity index (χ3v) is 4.23. The van der Waals surface area contributed by atoms with Gasteiger partial charge in [0.25, 0.3) is 0 Å². The van der Waals surface area contributed by atoms with E-state index < -0.39 is 36.0 Å². The minimum Gasteiger partial charge on any atom is -0.435 e. The predicted octanol–water partition coefficient (Wildman–Crippen LogP) is 0.150. The Labute approximate surface area is 109 Å². The summed E-state index contributed by atoms with van der Waals surface area (Å²) in [6.07, 6.45) is 1.22. The van der Waals surface area contributed by atoms with Crippen LogP contribution in [-0.4, -0.2) is 29.3 Å². The van der Waals surface area contributed by atoms with Crippen molar-refractivity contribution in [2.75, 3.05) is 0 Å². The van der Waals surface area contributed by atoms with Gasteiger partial charge in [0.1, 0.15) is 0 Å². The van der Waals surface area contributed by atoms with E-state index in [9.17, 15) is 19.5 Å². The summed E-state index contributed by atoms with van der Waals surface area (Å²) in [4.78, 5) is 34.4. The van der Waals surface area contributed by atoms with Crippen LogP contribution in [0.3, 0.4) is 0 Å². The van der Waals surface area contributed by atoms with Crippen LogP contribution in [0, 0.1) is 23.7 Å². The number of carbonyl (C=O) groups excluding carboxylic acids is 3. The summed E-state index contributed by atoms with van der Waals surface area (Å²) < 4.78 is 9.38. The Balaban J connectivity index is 1.87. The summed E-state index contributed by atoms with van der Waals surface area (Å²) in [5.74, 6) is -2.98. The summed E-state index contributed by atoms with van der Waals surface area (Å²) in [5.41, 5.74) is 0.826. The van der Waals surface area contributed by atoms with Crippen LogP contribution < -0.4 is 0 Å². The maximum absolute atomic E-state index is 11.7. The molecule has 0 spiro atoms. The van der Waals surface area contributed by atoms with Crippen LogP contribution >= 0.6 is 0 Å². The second-order valence-corrected chi connectivity index (χ2v) is 5.37. The molecule has 2 fully saturated rings. The summed E-state index contributed by atoms with van der Waals surface area (Å²) in [6, 6.07) is 0. The SMILES string of the molecule is CC1=CC(C2CC(=O)OC2=O)CC2C(=O)OC(O)C12. The number of rotatable bonds is 1. The molecular formula is C13H14O6. The van der Waals surface area contributed by atoms with E-state index in [1.54, 1.807) is 6.92 Å². The zero-order valence-corrected chi connectivity index (χ0v) is 10.4. The molecule has 2 aliphatic heterocycles. The highest BCUT2D eigenvalue weighted by Crippen LogP contribution is 2.44. The number of esters is 3. The van der Waals surface area contributed by atoms with E-state index in [1.165, 1.54) is 0 Å². The average Bonchev–Trinajstić information content (AvgIpc) is 2.80. The van der Waals surface area contributed by atoms with Crippen LogP contribution in [-0.2, 0) is 23.9 Å². The fraction of sp³-hybridized carbons (Fsp3) is 0.615. The van der Waals surface area contributed by atoms with Gasteiger partial charge in [0.15, 0.2) is 0 Å². The molecule has 1 aliphatic carbocycles. The Morgan fingerprint density at radius 3 is 2.58 bits per heavy atom. The molecule has 3 rings (SSSR count). The van der Waals surface area contributed by atoms with Crippen LogP contribution in [0.4, 0.5) is 0 Å². The normalized spacial score (nSPS) is 41.7. The minimum absolute atomic E-state index is 0.0578. The number of cyclic esters (lactones) is 3. The van der Waals surface area contributed by atoms with Crippen molar-refractivity contribution >= 4 is 17.9 Å². The molecule has 0 radical (unpaired) electrons. The van der Waals surface area contributed by atoms with Crippen molar-refractivity contribution in [2.24, 2.45) is 23.7 Å². The summed E-state index contributed by atoms with van der Waals surface area (Å²) in [7, 11) is 0. The molecule has 1 N–H and O–H groups in total. The van der Waals surface area contributed by atoms with E-state index in [1.807, 2.05) is 6.08 Å². The molecule has 2 heterocycles. The Morgan fingerprint density at radius 1 is 1.21 bits per heavy atom. The monoisotopic (exact) mass is 266 g/mol. The lowest BCUT2D eigenvalue weighted by molar-refractivity contribution is -0.157. The van der Waals surface area contributed by atoms with E-state index in [0.29, 0.717) is 6.42 Å². The average molecular weight is 266 g/mol. The van der Waals surface area contributed by atoms with Gasteiger partial charge in [-0.25, -0.2) is 0 Å². The predicted molar refractivity (Wildman–Crippen MR) is 60.1 cm³/mol. The minimum atomic E-state index is -1.10. The Morgan fingerprint density at radius 2 is 1.95 bits per heavy atom. The Kier molecular flexibility index (Phi) is 2.70. The van der Waals surface area contributed by atoms with Crippen LogP contribution in [0.2, 0.25) is 0 Å². The second-order valence-electron chi connectivity index (χ2n) is 5.37. The molecular weight excluding hydrogens is 252 g/mol. The molecule has 6 nitrogen and oxygen atoms in total. The molecule has 0 aromatic rings. The fourth-order valence-corrected chi connectivity index (χ4v) is 3.32. The highest BCUT2D eigenvalue weighted by atomic mass is 16.6. The number of hydrogen-bond acceptors (Lipinski definition) is 6. The van der Waals surface area contributed by atoms with Gasteiger partial charge < -0.3 is 14.6 Å². The smallest absolute Gasteiger partial charge is 0.317 e. The summed E-state index contributed by atoms with van der Waals surface area (Å²) >= 11 is 0. The van der Waals surface area contributed by atoms with Crippen LogP contribution in [0.1, 0.15) is 19.8 Å². The quantitative estimate of drug-likeness (QED) is 0.413. The van der Waals surface area contributed by atoms with Gasteiger partial charge in [0.05, 0.1) is 24.2 Å². The van der Waals surface area contributed by atoms with E-state index in [0.717, 1.165) is 5.57 Å². The van der Waals surface area contributed by atoms with Gasteiger partial charge in [-0.3, -0.25) is 14.4 Å². The maximum Gasteiger partial charge on any atom is 0.317 e. The third kappa shape index (κ3) is 1.87. The van der Waals surface area contributed by atoms with Crippen LogP contribution in [0.5, 0.6) is 0 Å². The zero-order valence-electron chi connectivity index (χ0n) is 10.4. The molecule has 3 aliphatic rings. The molecule has 0 bridgehead atoms. The van der Waals surface area contributed by atoms with Crippen molar-refractivity contribution in [3.63, 3.8) is 0 Å². The lowest BCUT2D eigenvalue weighted by atomic mass is 9.71. The van der Waals surface area contributed by atoms with Gasteiger partial charge in [-0.05, 0) is 19.3 Å². The first kappa shape index (κ1) is 12.3. The highest BCUT2D eigenvalue weighted by Gasteiger charge is 2.50. The molecule has 0 aromatic carbocycles. The molecule has 0 amide bonds. The molecule has 5 atom stereocenters. The number of aliphatic hydroxyl groups excluding tert-OH is 1. The molecule has 0 saturated carbocycles. The first-order valence-electron chi connectivity index (χ1n) is 6.28. The van der Waals surface area contributed by atoms with Gasteiger partial charge in [0, 0.05) is 0 Å². The Bertz CT molecular complexity index is 493. The lowest BCUT2D eigenvalue weighted by Gasteiger charge is -2.29. The Hall–Kier alpha value is -1.69. The third-order valence-electron chi connectivity index (χ3n) is 4.23. The van der Waals surface area contributed by atoms with E-state index in [-0.39, 0.29) is 18.3 Å². The molecule has 0 aromatic heterocycles. The van der Waals surface area contributed by atoms with E-state index in [2.05, 4.69) is 4.74 Å². The number of carbonyl (C=O) groups is 3.